The van der Waals surface area contributed by atoms with E-state index in [9.17, 15) is 9.50 Å². The third-order valence-corrected chi connectivity index (χ3v) is 4.98. The first-order chi connectivity index (χ1) is 9.10. The topological polar surface area (TPSA) is 58.0 Å². The molecule has 0 unspecified atom stereocenters. The van der Waals surface area contributed by atoms with Crippen molar-refractivity contribution in [1.82, 2.24) is 9.97 Å². The third kappa shape index (κ3) is 3.00. The molecular weight excluding hydrogens is 265 g/mol. The van der Waals surface area contributed by atoms with Crippen molar-refractivity contribution in [2.24, 2.45) is 0 Å². The molecule has 2 atom stereocenters. The zero-order valence-electron chi connectivity index (χ0n) is 11.3. The average molecular weight is 285 g/mol. The van der Waals surface area contributed by atoms with Crippen molar-refractivity contribution < 1.29 is 9.50 Å². The Morgan fingerprint density at radius 1 is 1.53 bits per heavy atom. The first-order valence-corrected chi connectivity index (χ1v) is 7.72. The van der Waals surface area contributed by atoms with Crippen molar-refractivity contribution >= 4 is 17.6 Å². The van der Waals surface area contributed by atoms with Gasteiger partial charge in [-0.1, -0.05) is 13.8 Å². The Balaban J connectivity index is 1.99. The lowest BCUT2D eigenvalue weighted by molar-refractivity contribution is -0.0121. The van der Waals surface area contributed by atoms with Crippen LogP contribution in [0.2, 0.25) is 0 Å². The van der Waals surface area contributed by atoms with Crippen molar-refractivity contribution in [2.45, 2.75) is 44.0 Å². The quantitative estimate of drug-likeness (QED) is 0.839. The fourth-order valence-electron chi connectivity index (χ4n) is 2.25. The van der Waals surface area contributed by atoms with Crippen molar-refractivity contribution in [2.75, 3.05) is 17.6 Å². The highest BCUT2D eigenvalue weighted by Crippen LogP contribution is 2.41. The zero-order chi connectivity index (χ0) is 13.9. The van der Waals surface area contributed by atoms with Gasteiger partial charge in [0.2, 0.25) is 0 Å². The fraction of sp³-hybridized carbons (Fsp3) is 0.692. The van der Waals surface area contributed by atoms with E-state index < -0.39 is 11.4 Å². The minimum absolute atomic E-state index is 0.187. The lowest BCUT2D eigenvalue weighted by Gasteiger charge is -2.45. The minimum Gasteiger partial charge on any atom is -0.387 e. The van der Waals surface area contributed by atoms with E-state index in [0.717, 1.165) is 18.6 Å². The van der Waals surface area contributed by atoms with Crippen LogP contribution >= 0.6 is 11.8 Å². The fourth-order valence-corrected chi connectivity index (χ4v) is 3.45. The molecule has 0 aliphatic heterocycles. The van der Waals surface area contributed by atoms with Crippen LogP contribution < -0.4 is 5.32 Å². The van der Waals surface area contributed by atoms with Crippen LogP contribution in [0.5, 0.6) is 0 Å². The van der Waals surface area contributed by atoms with E-state index in [1.165, 1.54) is 6.33 Å². The molecule has 6 heteroatoms. The second kappa shape index (κ2) is 6.05. The van der Waals surface area contributed by atoms with Crippen LogP contribution in [0.15, 0.2) is 6.33 Å². The molecule has 19 heavy (non-hydrogen) atoms. The van der Waals surface area contributed by atoms with Gasteiger partial charge in [0.05, 0.1) is 11.3 Å². The predicted octanol–water partition coefficient (Wildman–Crippen LogP) is 2.24. The van der Waals surface area contributed by atoms with Gasteiger partial charge in [0.25, 0.3) is 0 Å². The third-order valence-electron chi connectivity index (χ3n) is 3.57. The monoisotopic (exact) mass is 285 g/mol. The molecule has 1 aromatic heterocycles. The molecule has 1 fully saturated rings. The molecule has 2 N–H and O–H groups in total. The highest BCUT2D eigenvalue weighted by molar-refractivity contribution is 8.00. The van der Waals surface area contributed by atoms with Gasteiger partial charge in [-0.15, -0.1) is 0 Å². The van der Waals surface area contributed by atoms with Crippen LogP contribution in [-0.2, 0) is 6.42 Å². The molecule has 0 saturated heterocycles. The summed E-state index contributed by atoms with van der Waals surface area (Å²) in [6, 6.07) is 0. The van der Waals surface area contributed by atoms with Gasteiger partial charge >= 0.3 is 0 Å². The number of thioether (sulfide) groups is 1. The van der Waals surface area contributed by atoms with E-state index >= 15 is 0 Å². The number of nitrogens with zero attached hydrogens (tertiary/aromatic N) is 2. The van der Waals surface area contributed by atoms with E-state index in [0.29, 0.717) is 18.7 Å². The van der Waals surface area contributed by atoms with Crippen LogP contribution in [-0.4, -0.2) is 38.2 Å². The van der Waals surface area contributed by atoms with E-state index in [2.05, 4.69) is 22.2 Å². The summed E-state index contributed by atoms with van der Waals surface area (Å²) in [5, 5.41) is 13.6. The van der Waals surface area contributed by atoms with Crippen LogP contribution in [0.3, 0.4) is 0 Å². The number of aliphatic hydroxyl groups is 1. The Morgan fingerprint density at radius 2 is 2.32 bits per heavy atom. The highest BCUT2D eigenvalue weighted by Gasteiger charge is 2.45. The Morgan fingerprint density at radius 3 is 2.89 bits per heavy atom. The summed E-state index contributed by atoms with van der Waals surface area (Å²) in [4.78, 5) is 7.79. The molecule has 1 aliphatic rings. The molecule has 4 nitrogen and oxygen atoms in total. The number of halogens is 1. The van der Waals surface area contributed by atoms with Gasteiger partial charge in [0.1, 0.15) is 6.33 Å². The SMILES string of the molecule is CCS[C@H]1CC[C@]1(O)CNc1ncnc(CC)c1F. The summed E-state index contributed by atoms with van der Waals surface area (Å²) in [6.07, 6.45) is 3.66. The molecule has 0 amide bonds. The summed E-state index contributed by atoms with van der Waals surface area (Å²) >= 11 is 1.76. The Kier molecular flexibility index (Phi) is 4.62. The van der Waals surface area contributed by atoms with Crippen molar-refractivity contribution in [3.05, 3.63) is 17.8 Å². The van der Waals surface area contributed by atoms with Gasteiger partial charge in [-0.25, -0.2) is 14.4 Å². The second-order valence-corrected chi connectivity index (χ2v) is 6.26. The van der Waals surface area contributed by atoms with Crippen LogP contribution in [0.4, 0.5) is 10.2 Å². The normalized spacial score (nSPS) is 26.0. The molecule has 1 heterocycles. The number of hydrogen-bond donors (Lipinski definition) is 2. The molecule has 0 bridgehead atoms. The standard InChI is InChI=1S/C13H20FN3OS/c1-3-9-11(14)12(17-8-16-9)15-7-13(18)6-5-10(13)19-4-2/h8,10,18H,3-7H2,1-2H3,(H,15,16,17)/t10-,13-/m0/s1. The Hall–Kier alpha value is -0.880. The maximum Gasteiger partial charge on any atom is 0.186 e. The lowest BCUT2D eigenvalue weighted by Crippen LogP contribution is -2.54. The number of aryl methyl sites for hydroxylation is 1. The molecule has 106 valence electrons. The molecule has 0 aromatic carbocycles. The molecule has 2 rings (SSSR count). The number of aromatic nitrogens is 2. The first-order valence-electron chi connectivity index (χ1n) is 6.68. The van der Waals surface area contributed by atoms with E-state index in [-0.39, 0.29) is 11.1 Å². The largest absolute Gasteiger partial charge is 0.387 e. The second-order valence-electron chi connectivity index (χ2n) is 4.78. The van der Waals surface area contributed by atoms with Gasteiger partial charge in [0, 0.05) is 11.8 Å². The number of hydrogen-bond acceptors (Lipinski definition) is 5. The molecule has 0 spiro atoms. The highest BCUT2D eigenvalue weighted by atomic mass is 32.2. The summed E-state index contributed by atoms with van der Waals surface area (Å²) in [5.41, 5.74) is -0.345. The summed E-state index contributed by atoms with van der Waals surface area (Å²) in [7, 11) is 0. The molecule has 1 aromatic rings. The van der Waals surface area contributed by atoms with Gasteiger partial charge in [-0.3, -0.25) is 0 Å². The van der Waals surface area contributed by atoms with E-state index in [4.69, 9.17) is 0 Å². The number of nitrogens with one attached hydrogen (secondary N) is 1. The smallest absolute Gasteiger partial charge is 0.186 e. The summed E-state index contributed by atoms with van der Waals surface area (Å²) in [5.74, 6) is 0.759. The van der Waals surface area contributed by atoms with Crippen molar-refractivity contribution in [1.29, 1.82) is 0 Å². The number of anilines is 1. The summed E-state index contributed by atoms with van der Waals surface area (Å²) in [6.45, 7) is 4.26. The van der Waals surface area contributed by atoms with E-state index in [1.54, 1.807) is 11.8 Å². The minimum atomic E-state index is -0.746. The van der Waals surface area contributed by atoms with Gasteiger partial charge in [-0.05, 0) is 25.0 Å². The molecular formula is C13H20FN3OS. The Labute approximate surface area is 117 Å². The number of rotatable bonds is 6. The van der Waals surface area contributed by atoms with E-state index in [1.807, 2.05) is 6.92 Å². The Bertz CT molecular complexity index is 446. The maximum absolute atomic E-state index is 13.9. The molecule has 1 aliphatic carbocycles. The van der Waals surface area contributed by atoms with Gasteiger partial charge in [0.15, 0.2) is 11.6 Å². The van der Waals surface area contributed by atoms with Crippen LogP contribution in [0.1, 0.15) is 32.4 Å². The van der Waals surface area contributed by atoms with Crippen molar-refractivity contribution in [3.63, 3.8) is 0 Å². The summed E-state index contributed by atoms with van der Waals surface area (Å²) < 4.78 is 13.9. The predicted molar refractivity (Wildman–Crippen MR) is 76.0 cm³/mol. The van der Waals surface area contributed by atoms with Gasteiger partial charge in [-0.2, -0.15) is 11.8 Å². The molecule has 1 saturated carbocycles. The van der Waals surface area contributed by atoms with Crippen LogP contribution in [0, 0.1) is 5.82 Å². The maximum atomic E-state index is 13.9. The molecule has 0 radical (unpaired) electrons. The van der Waals surface area contributed by atoms with Gasteiger partial charge < -0.3 is 10.4 Å². The first kappa shape index (κ1) is 14.5. The van der Waals surface area contributed by atoms with Crippen LogP contribution in [0.25, 0.3) is 0 Å². The lowest BCUT2D eigenvalue weighted by atomic mass is 9.79. The van der Waals surface area contributed by atoms with Crippen molar-refractivity contribution in [3.8, 4) is 0 Å². The average Bonchev–Trinajstić information content (AvgIpc) is 2.42. The zero-order valence-corrected chi connectivity index (χ0v) is 12.1.